The summed E-state index contributed by atoms with van der Waals surface area (Å²) in [6.45, 7) is 2.19. The minimum absolute atomic E-state index is 0.0707. The number of hydrogen-bond acceptors (Lipinski definition) is 6. The van der Waals surface area contributed by atoms with E-state index in [2.05, 4.69) is 0 Å². The van der Waals surface area contributed by atoms with Gasteiger partial charge in [0.25, 0.3) is 11.7 Å². The quantitative estimate of drug-likeness (QED) is 0.409. The molecule has 0 aliphatic carbocycles. The number of hydrogen-bond donors (Lipinski definition) is 2. The maximum absolute atomic E-state index is 12.9. The van der Waals surface area contributed by atoms with Crippen molar-refractivity contribution in [3.05, 3.63) is 58.1 Å². The Balaban J connectivity index is 2.24. The monoisotopic (exact) mass is 431 g/mol. The molecule has 0 spiro atoms. The van der Waals surface area contributed by atoms with E-state index in [0.29, 0.717) is 24.3 Å². The van der Waals surface area contributed by atoms with Crippen molar-refractivity contribution >= 4 is 29.1 Å². The number of phenols is 1. The molecule has 2 aromatic rings. The van der Waals surface area contributed by atoms with Crippen LogP contribution in [-0.4, -0.2) is 47.6 Å². The molecule has 1 aliphatic heterocycles. The lowest BCUT2D eigenvalue weighted by Crippen LogP contribution is -2.30. The third-order valence-corrected chi connectivity index (χ3v) is 5.26. The molecule has 8 heteroatoms. The fraction of sp³-hybridized carbons (Fsp3) is 0.273. The lowest BCUT2D eigenvalue weighted by molar-refractivity contribution is -0.139. The van der Waals surface area contributed by atoms with Crippen LogP contribution < -0.4 is 9.47 Å². The van der Waals surface area contributed by atoms with Crippen LogP contribution in [0.1, 0.15) is 30.5 Å². The highest BCUT2D eigenvalue weighted by Crippen LogP contribution is 2.42. The Bertz CT molecular complexity index is 1030. The highest BCUT2D eigenvalue weighted by atomic mass is 35.5. The van der Waals surface area contributed by atoms with E-state index in [1.54, 1.807) is 24.3 Å². The maximum atomic E-state index is 12.9. The number of methoxy groups -OCH3 is 2. The van der Waals surface area contributed by atoms with Crippen molar-refractivity contribution < 1.29 is 29.3 Å². The van der Waals surface area contributed by atoms with Gasteiger partial charge in [0.15, 0.2) is 0 Å². The first kappa shape index (κ1) is 21.5. The molecule has 158 valence electrons. The number of ether oxygens (including phenoxy) is 2. The van der Waals surface area contributed by atoms with Crippen molar-refractivity contribution in [3.63, 3.8) is 0 Å². The molecular formula is C22H22ClNO6. The molecular weight excluding hydrogens is 410 g/mol. The second kappa shape index (κ2) is 8.67. The lowest BCUT2D eigenvalue weighted by atomic mass is 9.94. The normalized spacial score (nSPS) is 18.0. The van der Waals surface area contributed by atoms with E-state index < -0.39 is 17.7 Å². The molecule has 0 aromatic heterocycles. The molecule has 7 nitrogen and oxygen atoms in total. The third-order valence-electron chi connectivity index (χ3n) is 4.96. The van der Waals surface area contributed by atoms with Gasteiger partial charge in [-0.2, -0.15) is 0 Å². The van der Waals surface area contributed by atoms with Crippen molar-refractivity contribution in [2.45, 2.75) is 19.4 Å². The SMILES string of the molecule is CCCN1C(=O)C(=O)/C(=C(\O)c2ccc(OC)cc2OC)C1c1ccc(O)c(Cl)c1. The zero-order valence-corrected chi connectivity index (χ0v) is 17.6. The number of carbonyl (C=O) groups excluding carboxylic acids is 2. The van der Waals surface area contributed by atoms with Crippen molar-refractivity contribution in [3.8, 4) is 17.2 Å². The molecule has 3 rings (SSSR count). The molecule has 1 unspecified atom stereocenters. The average molecular weight is 432 g/mol. The van der Waals surface area contributed by atoms with Gasteiger partial charge < -0.3 is 24.6 Å². The van der Waals surface area contributed by atoms with Crippen LogP contribution in [0.25, 0.3) is 5.76 Å². The van der Waals surface area contributed by atoms with Crippen LogP contribution in [0.5, 0.6) is 17.2 Å². The number of benzene rings is 2. The van der Waals surface area contributed by atoms with Crippen LogP contribution >= 0.6 is 11.6 Å². The van der Waals surface area contributed by atoms with Crippen molar-refractivity contribution in [2.24, 2.45) is 0 Å². The molecule has 0 bridgehead atoms. The predicted octanol–water partition coefficient (Wildman–Crippen LogP) is 3.89. The van der Waals surface area contributed by atoms with Crippen molar-refractivity contribution in [2.75, 3.05) is 20.8 Å². The molecule has 2 aromatic carbocycles. The van der Waals surface area contributed by atoms with E-state index in [1.807, 2.05) is 6.92 Å². The number of aromatic hydroxyl groups is 1. The Hall–Kier alpha value is -3.19. The third kappa shape index (κ3) is 3.68. The molecule has 1 saturated heterocycles. The standard InChI is InChI=1S/C22H22ClNO6/c1-4-9-24-19(12-5-8-16(25)15(23)10-12)18(21(27)22(24)28)20(26)14-7-6-13(29-2)11-17(14)30-3/h5-8,10-11,19,25-26H,4,9H2,1-3H3/b20-18-. The van der Waals surface area contributed by atoms with Crippen LogP contribution in [0.15, 0.2) is 42.0 Å². The van der Waals surface area contributed by atoms with Gasteiger partial charge in [-0.3, -0.25) is 9.59 Å². The van der Waals surface area contributed by atoms with E-state index >= 15 is 0 Å². The van der Waals surface area contributed by atoms with Crippen LogP contribution in [0, 0.1) is 0 Å². The number of nitrogens with zero attached hydrogens (tertiary/aromatic N) is 1. The molecule has 0 radical (unpaired) electrons. The lowest BCUT2D eigenvalue weighted by Gasteiger charge is -2.25. The Morgan fingerprint density at radius 3 is 2.47 bits per heavy atom. The summed E-state index contributed by atoms with van der Waals surface area (Å²) in [4.78, 5) is 27.0. The first-order valence-corrected chi connectivity index (χ1v) is 9.71. The highest BCUT2D eigenvalue weighted by Gasteiger charge is 2.46. The van der Waals surface area contributed by atoms with Crippen LogP contribution in [0.3, 0.4) is 0 Å². The van der Waals surface area contributed by atoms with Gasteiger partial charge in [0.2, 0.25) is 0 Å². The summed E-state index contributed by atoms with van der Waals surface area (Å²) in [7, 11) is 2.93. The Kier molecular flexibility index (Phi) is 6.22. The van der Waals surface area contributed by atoms with E-state index in [-0.39, 0.29) is 33.4 Å². The van der Waals surface area contributed by atoms with E-state index in [4.69, 9.17) is 21.1 Å². The number of rotatable bonds is 6. The van der Waals surface area contributed by atoms with Gasteiger partial charge >= 0.3 is 0 Å². The molecule has 1 atom stereocenters. The fourth-order valence-electron chi connectivity index (χ4n) is 3.53. The van der Waals surface area contributed by atoms with Crippen molar-refractivity contribution in [1.82, 2.24) is 4.90 Å². The number of halogens is 1. The first-order chi connectivity index (χ1) is 14.3. The minimum Gasteiger partial charge on any atom is -0.507 e. The van der Waals surface area contributed by atoms with E-state index in [1.165, 1.54) is 31.3 Å². The zero-order chi connectivity index (χ0) is 22.0. The van der Waals surface area contributed by atoms with Gasteiger partial charge in [0, 0.05) is 12.6 Å². The largest absolute Gasteiger partial charge is 0.507 e. The summed E-state index contributed by atoms with van der Waals surface area (Å²) in [5.41, 5.74) is 0.681. The zero-order valence-electron chi connectivity index (χ0n) is 16.8. The number of amides is 1. The van der Waals surface area contributed by atoms with Crippen LogP contribution in [0.2, 0.25) is 5.02 Å². The molecule has 1 heterocycles. The summed E-state index contributed by atoms with van der Waals surface area (Å²) in [6.07, 6.45) is 0.612. The predicted molar refractivity (Wildman–Crippen MR) is 112 cm³/mol. The second-order valence-corrected chi connectivity index (χ2v) is 7.18. The van der Waals surface area contributed by atoms with Crippen molar-refractivity contribution in [1.29, 1.82) is 0 Å². The van der Waals surface area contributed by atoms with Crippen LogP contribution in [0.4, 0.5) is 0 Å². The highest BCUT2D eigenvalue weighted by molar-refractivity contribution is 6.46. The summed E-state index contributed by atoms with van der Waals surface area (Å²) in [6, 6.07) is 8.33. The number of likely N-dealkylation sites (tertiary alicyclic amines) is 1. The number of aliphatic hydroxyl groups excluding tert-OH is 1. The minimum atomic E-state index is -0.852. The molecule has 1 fully saturated rings. The summed E-state index contributed by atoms with van der Waals surface area (Å²) in [5.74, 6) is -1.19. The molecule has 0 saturated carbocycles. The topological polar surface area (TPSA) is 96.3 Å². The molecule has 2 N–H and O–H groups in total. The summed E-state index contributed by atoms with van der Waals surface area (Å²) < 4.78 is 10.5. The number of phenolic OH excluding ortho intramolecular Hbond substituents is 1. The van der Waals surface area contributed by atoms with Gasteiger partial charge in [0.1, 0.15) is 23.0 Å². The first-order valence-electron chi connectivity index (χ1n) is 9.33. The van der Waals surface area contributed by atoms with Crippen LogP contribution in [-0.2, 0) is 9.59 Å². The Morgan fingerprint density at radius 1 is 1.13 bits per heavy atom. The second-order valence-electron chi connectivity index (χ2n) is 6.77. The smallest absolute Gasteiger partial charge is 0.295 e. The van der Waals surface area contributed by atoms with Gasteiger partial charge in [-0.25, -0.2) is 0 Å². The van der Waals surface area contributed by atoms with E-state index in [0.717, 1.165) is 0 Å². The van der Waals surface area contributed by atoms with Gasteiger partial charge in [-0.05, 0) is 36.2 Å². The molecule has 1 aliphatic rings. The average Bonchev–Trinajstić information content (AvgIpc) is 3.00. The van der Waals surface area contributed by atoms with E-state index in [9.17, 15) is 19.8 Å². The van der Waals surface area contributed by atoms with Gasteiger partial charge in [0.05, 0.1) is 36.4 Å². The van der Waals surface area contributed by atoms with Gasteiger partial charge in [-0.1, -0.05) is 24.6 Å². The Morgan fingerprint density at radius 2 is 1.87 bits per heavy atom. The summed E-state index contributed by atoms with van der Waals surface area (Å²) >= 11 is 6.06. The number of ketones is 1. The molecule has 1 amide bonds. The number of aliphatic hydroxyl groups is 1. The Labute approximate surface area is 179 Å². The van der Waals surface area contributed by atoms with Gasteiger partial charge in [-0.15, -0.1) is 0 Å². The number of Topliss-reactive ketones (excluding diaryl/α,β-unsaturated/α-hetero) is 1. The fourth-order valence-corrected chi connectivity index (χ4v) is 3.72. The number of carbonyl (C=O) groups is 2. The maximum Gasteiger partial charge on any atom is 0.295 e. The molecule has 30 heavy (non-hydrogen) atoms. The summed E-state index contributed by atoms with van der Waals surface area (Å²) in [5, 5.41) is 20.9.